The molecule has 1 aromatic carbocycles. The molecule has 1 unspecified atom stereocenters. The molecule has 2 aromatic rings. The van der Waals surface area contributed by atoms with Crippen LogP contribution in [0.2, 0.25) is 0 Å². The van der Waals surface area contributed by atoms with E-state index in [1.807, 2.05) is 12.1 Å². The van der Waals surface area contributed by atoms with Crippen molar-refractivity contribution < 1.29 is 4.42 Å². The second kappa shape index (κ2) is 3.43. The topological polar surface area (TPSA) is 13.1 Å². The van der Waals surface area contributed by atoms with Crippen molar-refractivity contribution >= 4 is 12.2 Å². The first-order valence-electron chi connectivity index (χ1n) is 5.24. The molecule has 1 atom stereocenters. The van der Waals surface area contributed by atoms with Gasteiger partial charge in [0.2, 0.25) is 0 Å². The van der Waals surface area contributed by atoms with E-state index in [2.05, 4.69) is 36.4 Å². The van der Waals surface area contributed by atoms with Crippen LogP contribution in [0.1, 0.15) is 17.9 Å². The van der Waals surface area contributed by atoms with E-state index in [9.17, 15) is 0 Å². The van der Waals surface area contributed by atoms with Crippen molar-refractivity contribution in [1.29, 1.82) is 0 Å². The summed E-state index contributed by atoms with van der Waals surface area (Å²) < 4.78 is 5.42. The predicted octanol–water partition coefficient (Wildman–Crippen LogP) is 2.03. The maximum absolute atomic E-state index is 5.42. The van der Waals surface area contributed by atoms with Crippen LogP contribution in [0.25, 0.3) is 12.2 Å². The van der Waals surface area contributed by atoms with Gasteiger partial charge in [0.25, 0.3) is 0 Å². The van der Waals surface area contributed by atoms with Crippen molar-refractivity contribution in [2.75, 3.05) is 0 Å². The lowest BCUT2D eigenvalue weighted by Crippen LogP contribution is -2.24. The molecule has 0 bridgehead atoms. The van der Waals surface area contributed by atoms with Crippen molar-refractivity contribution in [3.05, 3.63) is 58.9 Å². The van der Waals surface area contributed by atoms with Crippen LogP contribution in [0.5, 0.6) is 0 Å². The molecular weight excluding hydrogens is 184 g/mol. The normalized spacial score (nSPS) is 18.8. The molecule has 74 valence electrons. The van der Waals surface area contributed by atoms with E-state index in [-0.39, 0.29) is 0 Å². The van der Waals surface area contributed by atoms with Gasteiger partial charge in [0.1, 0.15) is 5.42 Å². The van der Waals surface area contributed by atoms with E-state index in [0.717, 1.165) is 11.8 Å². The van der Waals surface area contributed by atoms with Gasteiger partial charge in [-0.05, 0) is 24.1 Å². The molecule has 3 rings (SSSR count). The van der Waals surface area contributed by atoms with Crippen molar-refractivity contribution in [3.63, 3.8) is 0 Å². The van der Waals surface area contributed by atoms with Crippen LogP contribution in [-0.2, 0) is 0 Å². The van der Waals surface area contributed by atoms with Gasteiger partial charge in [0, 0.05) is 11.1 Å². The molecule has 1 aliphatic carbocycles. The standard InChI is InChI=1S/C14H12O/c1-2-4-11(5-3-1)13-7-6-12-8-9-15-14(12)10-13/h1-6,8-10,13H,7H2. The summed E-state index contributed by atoms with van der Waals surface area (Å²) in [7, 11) is 0. The van der Waals surface area contributed by atoms with Crippen LogP contribution in [0, 0.1) is 0 Å². The lowest BCUT2D eigenvalue weighted by atomic mass is 9.93. The minimum absolute atomic E-state index is 0.463. The number of fused-ring (bicyclic) bond motifs is 1. The van der Waals surface area contributed by atoms with Crippen LogP contribution in [0.15, 0.2) is 47.1 Å². The zero-order chi connectivity index (χ0) is 10.1. The summed E-state index contributed by atoms with van der Waals surface area (Å²) in [6.07, 6.45) is 7.28. The molecule has 0 fully saturated rings. The largest absolute Gasteiger partial charge is 0.465 e. The SMILES string of the molecule is C1=c2ccoc2=CC(c2ccccc2)C1. The molecule has 1 heteroatoms. The molecule has 1 aromatic heterocycles. The zero-order valence-electron chi connectivity index (χ0n) is 8.39. The molecular formula is C14H12O. The van der Waals surface area contributed by atoms with Crippen molar-refractivity contribution in [1.82, 2.24) is 0 Å². The lowest BCUT2D eigenvalue weighted by molar-refractivity contribution is 0.526. The average molecular weight is 196 g/mol. The Morgan fingerprint density at radius 3 is 2.80 bits per heavy atom. The van der Waals surface area contributed by atoms with E-state index < -0.39 is 0 Å². The highest BCUT2D eigenvalue weighted by atomic mass is 16.3. The smallest absolute Gasteiger partial charge is 0.130 e. The number of hydrogen-bond acceptors (Lipinski definition) is 1. The molecule has 0 saturated heterocycles. The fraction of sp³-hybridized carbons (Fsp3) is 0.143. The maximum Gasteiger partial charge on any atom is 0.130 e. The Balaban J connectivity index is 2.06. The molecule has 0 amide bonds. The lowest BCUT2D eigenvalue weighted by Gasteiger charge is -2.12. The minimum Gasteiger partial charge on any atom is -0.465 e. The van der Waals surface area contributed by atoms with Crippen molar-refractivity contribution in [3.8, 4) is 0 Å². The maximum atomic E-state index is 5.42. The summed E-state index contributed by atoms with van der Waals surface area (Å²) in [5.41, 5.74) is 2.37. The Labute approximate surface area is 88.4 Å². The molecule has 0 N–H and O–H groups in total. The summed E-state index contributed by atoms with van der Waals surface area (Å²) in [6.45, 7) is 0. The second-order valence-electron chi connectivity index (χ2n) is 3.86. The fourth-order valence-corrected chi connectivity index (χ4v) is 2.07. The number of rotatable bonds is 1. The predicted molar refractivity (Wildman–Crippen MR) is 60.7 cm³/mol. The zero-order valence-corrected chi connectivity index (χ0v) is 8.39. The third kappa shape index (κ3) is 1.50. The Morgan fingerprint density at radius 2 is 1.93 bits per heavy atom. The van der Waals surface area contributed by atoms with E-state index in [0.29, 0.717) is 5.92 Å². The molecule has 1 heterocycles. The van der Waals surface area contributed by atoms with Gasteiger partial charge < -0.3 is 4.42 Å². The number of hydrogen-bond donors (Lipinski definition) is 0. The Hall–Kier alpha value is -1.76. The molecule has 15 heavy (non-hydrogen) atoms. The van der Waals surface area contributed by atoms with Gasteiger partial charge in [0.15, 0.2) is 0 Å². The average Bonchev–Trinajstić information content (AvgIpc) is 2.77. The van der Waals surface area contributed by atoms with Gasteiger partial charge in [0.05, 0.1) is 6.26 Å². The van der Waals surface area contributed by atoms with Crippen LogP contribution in [-0.4, -0.2) is 0 Å². The van der Waals surface area contributed by atoms with Crippen LogP contribution in [0.4, 0.5) is 0 Å². The number of benzene rings is 1. The minimum atomic E-state index is 0.463. The van der Waals surface area contributed by atoms with Gasteiger partial charge in [-0.2, -0.15) is 0 Å². The van der Waals surface area contributed by atoms with Gasteiger partial charge in [-0.1, -0.05) is 36.4 Å². The fourth-order valence-electron chi connectivity index (χ4n) is 2.07. The van der Waals surface area contributed by atoms with E-state index in [4.69, 9.17) is 4.42 Å². The third-order valence-corrected chi connectivity index (χ3v) is 2.90. The summed E-state index contributed by atoms with van der Waals surface area (Å²) >= 11 is 0. The van der Waals surface area contributed by atoms with Gasteiger partial charge >= 0.3 is 0 Å². The van der Waals surface area contributed by atoms with E-state index >= 15 is 0 Å². The molecule has 0 aliphatic heterocycles. The first-order valence-corrected chi connectivity index (χ1v) is 5.24. The van der Waals surface area contributed by atoms with Gasteiger partial charge in [-0.25, -0.2) is 0 Å². The van der Waals surface area contributed by atoms with Crippen LogP contribution < -0.4 is 10.6 Å². The number of furan rings is 1. The quantitative estimate of drug-likeness (QED) is 0.680. The molecule has 0 saturated carbocycles. The second-order valence-corrected chi connectivity index (χ2v) is 3.86. The van der Waals surface area contributed by atoms with E-state index in [1.165, 1.54) is 10.8 Å². The molecule has 0 radical (unpaired) electrons. The summed E-state index contributed by atoms with van der Waals surface area (Å²) in [5.74, 6) is 0.463. The monoisotopic (exact) mass is 196 g/mol. The highest BCUT2D eigenvalue weighted by Gasteiger charge is 2.10. The van der Waals surface area contributed by atoms with Crippen LogP contribution in [0.3, 0.4) is 0 Å². The van der Waals surface area contributed by atoms with E-state index in [1.54, 1.807) is 6.26 Å². The Bertz CT molecular complexity index is 563. The van der Waals surface area contributed by atoms with Crippen molar-refractivity contribution in [2.24, 2.45) is 0 Å². The van der Waals surface area contributed by atoms with Gasteiger partial charge in [-0.3, -0.25) is 0 Å². The van der Waals surface area contributed by atoms with Crippen molar-refractivity contribution in [2.45, 2.75) is 12.3 Å². The third-order valence-electron chi connectivity index (χ3n) is 2.90. The highest BCUT2D eigenvalue weighted by Crippen LogP contribution is 2.22. The molecule has 0 spiro atoms. The summed E-state index contributed by atoms with van der Waals surface area (Å²) in [5, 5.41) is 1.22. The Kier molecular flexibility index (Phi) is 1.95. The highest BCUT2D eigenvalue weighted by molar-refractivity contribution is 5.46. The Morgan fingerprint density at radius 1 is 1.07 bits per heavy atom. The molecule has 1 aliphatic rings. The first-order chi connectivity index (χ1) is 7.43. The van der Waals surface area contributed by atoms with Gasteiger partial charge in [-0.15, -0.1) is 0 Å². The summed E-state index contributed by atoms with van der Waals surface area (Å²) in [4.78, 5) is 0. The molecule has 1 nitrogen and oxygen atoms in total. The summed E-state index contributed by atoms with van der Waals surface area (Å²) in [6, 6.07) is 12.6. The first kappa shape index (κ1) is 8.54. The van der Waals surface area contributed by atoms with Crippen LogP contribution >= 0.6 is 0 Å².